The summed E-state index contributed by atoms with van der Waals surface area (Å²) >= 11 is 0. The molecule has 0 rings (SSSR count). The standard InChI is InChI=1S/C2H7O5P/c3-1-2(4)8(5,6)7/h2-4H,1H2,(H2,5,6,7)/p-1. The number of aliphatic hydroxyl groups is 2. The lowest BCUT2D eigenvalue weighted by atomic mass is 10.8. The Morgan fingerprint density at radius 3 is 2.12 bits per heavy atom. The summed E-state index contributed by atoms with van der Waals surface area (Å²) in [5.74, 6) is -2.04. The molecule has 6 heteroatoms. The van der Waals surface area contributed by atoms with Gasteiger partial charge in [-0.3, -0.25) is 0 Å². The fourth-order valence-electron chi connectivity index (χ4n) is 0.103. The van der Waals surface area contributed by atoms with Crippen molar-refractivity contribution < 1.29 is 24.6 Å². The van der Waals surface area contributed by atoms with Crippen LogP contribution in [0.5, 0.6) is 0 Å². The molecule has 0 aliphatic heterocycles. The molecule has 2 atom stereocenters. The number of aliphatic hydroxyl groups excluding tert-OH is 2. The normalized spacial score (nSPS) is 22.0. The lowest BCUT2D eigenvalue weighted by Gasteiger charge is -2.19. The molecule has 0 fully saturated rings. The van der Waals surface area contributed by atoms with E-state index in [9.17, 15) is 9.46 Å². The number of rotatable bonds is 2. The molecule has 8 heavy (non-hydrogen) atoms. The second kappa shape index (κ2) is 2.57. The summed E-state index contributed by atoms with van der Waals surface area (Å²) in [6.45, 7) is -0.975. The third kappa shape index (κ3) is 2.40. The predicted octanol–water partition coefficient (Wildman–Crippen LogP) is -2.16. The van der Waals surface area contributed by atoms with Gasteiger partial charge in [0.15, 0.2) is 7.60 Å². The van der Waals surface area contributed by atoms with Crippen LogP contribution in [0, 0.1) is 0 Å². The summed E-state index contributed by atoms with van der Waals surface area (Å²) in [4.78, 5) is 17.6. The van der Waals surface area contributed by atoms with Crippen LogP contribution in [0.3, 0.4) is 0 Å². The highest BCUT2D eigenvalue weighted by Crippen LogP contribution is 2.33. The van der Waals surface area contributed by atoms with Crippen molar-refractivity contribution in [2.24, 2.45) is 0 Å². The maximum Gasteiger partial charge on any atom is 0.163 e. The van der Waals surface area contributed by atoms with E-state index in [-0.39, 0.29) is 0 Å². The van der Waals surface area contributed by atoms with Crippen molar-refractivity contribution in [3.05, 3.63) is 0 Å². The Morgan fingerprint density at radius 1 is 1.75 bits per heavy atom. The summed E-state index contributed by atoms with van der Waals surface area (Å²) in [6, 6.07) is 0. The van der Waals surface area contributed by atoms with Gasteiger partial charge in [-0.25, -0.2) is 0 Å². The minimum absolute atomic E-state index is 0.975. The van der Waals surface area contributed by atoms with Crippen LogP contribution in [0.4, 0.5) is 0 Å². The van der Waals surface area contributed by atoms with E-state index in [2.05, 4.69) is 0 Å². The monoisotopic (exact) mass is 141 g/mol. The summed E-state index contributed by atoms with van der Waals surface area (Å²) in [7, 11) is -4.70. The van der Waals surface area contributed by atoms with E-state index < -0.39 is 20.0 Å². The summed E-state index contributed by atoms with van der Waals surface area (Å²) in [5.41, 5.74) is 0. The Labute approximate surface area is 45.7 Å². The zero-order valence-electron chi connectivity index (χ0n) is 3.89. The van der Waals surface area contributed by atoms with Gasteiger partial charge in [-0.15, -0.1) is 0 Å². The van der Waals surface area contributed by atoms with Gasteiger partial charge in [-0.05, 0) is 0 Å². The fourth-order valence-corrected chi connectivity index (χ4v) is 0.310. The highest BCUT2D eigenvalue weighted by Gasteiger charge is 2.13. The van der Waals surface area contributed by atoms with Crippen molar-refractivity contribution in [2.45, 2.75) is 5.85 Å². The smallest absolute Gasteiger partial charge is 0.163 e. The summed E-state index contributed by atoms with van der Waals surface area (Å²) in [5, 5.41) is 16.0. The van der Waals surface area contributed by atoms with Crippen LogP contribution in [0.2, 0.25) is 0 Å². The molecule has 0 saturated carbocycles. The van der Waals surface area contributed by atoms with Crippen LogP contribution in [-0.2, 0) is 4.57 Å². The molecule has 50 valence electrons. The van der Waals surface area contributed by atoms with E-state index in [0.717, 1.165) is 0 Å². The molecule has 0 aromatic rings. The number of hydrogen-bond donors (Lipinski definition) is 3. The molecule has 2 unspecified atom stereocenters. The first-order chi connectivity index (χ1) is 3.48. The molecule has 0 amide bonds. The van der Waals surface area contributed by atoms with E-state index >= 15 is 0 Å². The van der Waals surface area contributed by atoms with Gasteiger partial charge in [-0.2, -0.15) is 0 Å². The van der Waals surface area contributed by atoms with Gasteiger partial charge < -0.3 is 24.6 Å². The Balaban J connectivity index is 3.82. The summed E-state index contributed by atoms with van der Waals surface area (Å²) in [6.07, 6.45) is 0. The van der Waals surface area contributed by atoms with E-state index in [1.807, 2.05) is 0 Å². The average molecular weight is 141 g/mol. The second-order valence-corrected chi connectivity index (χ2v) is 2.95. The first-order valence-corrected chi connectivity index (χ1v) is 3.45. The van der Waals surface area contributed by atoms with Crippen LogP contribution >= 0.6 is 7.60 Å². The lowest BCUT2D eigenvalue weighted by Crippen LogP contribution is -2.19. The Hall–Kier alpha value is 0.0700. The van der Waals surface area contributed by atoms with Gasteiger partial charge in [-0.1, -0.05) is 0 Å². The van der Waals surface area contributed by atoms with Gasteiger partial charge >= 0.3 is 0 Å². The molecule has 0 bridgehead atoms. The number of hydrogen-bond acceptors (Lipinski definition) is 4. The van der Waals surface area contributed by atoms with Crippen LogP contribution in [0.25, 0.3) is 0 Å². The minimum Gasteiger partial charge on any atom is -0.777 e. The highest BCUT2D eigenvalue weighted by atomic mass is 31.2. The quantitative estimate of drug-likeness (QED) is 0.380. The zero-order valence-corrected chi connectivity index (χ0v) is 4.78. The third-order valence-electron chi connectivity index (χ3n) is 0.540. The van der Waals surface area contributed by atoms with Crippen molar-refractivity contribution in [2.75, 3.05) is 6.61 Å². The van der Waals surface area contributed by atoms with Gasteiger partial charge in [0.1, 0.15) is 5.85 Å². The second-order valence-electron chi connectivity index (χ2n) is 1.23. The van der Waals surface area contributed by atoms with Crippen molar-refractivity contribution in [3.8, 4) is 0 Å². The van der Waals surface area contributed by atoms with Crippen molar-refractivity contribution in [1.29, 1.82) is 0 Å². The molecule has 0 aromatic carbocycles. The van der Waals surface area contributed by atoms with Crippen LogP contribution in [-0.4, -0.2) is 27.6 Å². The molecule has 0 heterocycles. The van der Waals surface area contributed by atoms with Gasteiger partial charge in [0.25, 0.3) is 0 Å². The molecule has 0 aliphatic carbocycles. The lowest BCUT2D eigenvalue weighted by molar-refractivity contribution is -0.203. The maximum absolute atomic E-state index is 9.74. The SMILES string of the molecule is O=P([O-])(O)C(O)CO. The third-order valence-corrected chi connectivity index (χ3v) is 1.46. The van der Waals surface area contributed by atoms with Gasteiger partial charge in [0, 0.05) is 0 Å². The largest absolute Gasteiger partial charge is 0.777 e. The van der Waals surface area contributed by atoms with E-state index in [0.29, 0.717) is 0 Å². The van der Waals surface area contributed by atoms with Crippen LogP contribution in [0.1, 0.15) is 0 Å². The van der Waals surface area contributed by atoms with Crippen molar-refractivity contribution in [1.82, 2.24) is 0 Å². The van der Waals surface area contributed by atoms with Crippen LogP contribution < -0.4 is 4.89 Å². The van der Waals surface area contributed by atoms with E-state index in [1.54, 1.807) is 0 Å². The average Bonchev–Trinajstić information content (AvgIpc) is 1.62. The van der Waals surface area contributed by atoms with E-state index in [4.69, 9.17) is 15.1 Å². The van der Waals surface area contributed by atoms with Gasteiger partial charge in [0.2, 0.25) is 0 Å². The molecular formula is C2H6O5P-. The predicted molar refractivity (Wildman–Crippen MR) is 22.9 cm³/mol. The molecule has 3 N–H and O–H groups in total. The van der Waals surface area contributed by atoms with Crippen LogP contribution in [0.15, 0.2) is 0 Å². The molecule has 0 aliphatic rings. The topological polar surface area (TPSA) is 101 Å². The summed E-state index contributed by atoms with van der Waals surface area (Å²) < 4.78 is 9.74. The van der Waals surface area contributed by atoms with Gasteiger partial charge in [0.05, 0.1) is 6.61 Å². The first kappa shape index (κ1) is 8.07. The molecule has 0 aromatic heterocycles. The molecule has 5 nitrogen and oxygen atoms in total. The molecular weight excluding hydrogens is 135 g/mol. The molecule has 0 saturated heterocycles. The minimum atomic E-state index is -4.70. The fraction of sp³-hybridized carbons (Fsp3) is 1.00. The zero-order chi connectivity index (χ0) is 6.78. The highest BCUT2D eigenvalue weighted by molar-refractivity contribution is 7.50. The Bertz CT molecular complexity index is 105. The van der Waals surface area contributed by atoms with E-state index in [1.165, 1.54) is 0 Å². The molecule has 0 radical (unpaired) electrons. The van der Waals surface area contributed by atoms with Crippen molar-refractivity contribution in [3.63, 3.8) is 0 Å². The Morgan fingerprint density at radius 2 is 2.12 bits per heavy atom. The molecule has 0 spiro atoms. The maximum atomic E-state index is 9.74. The van der Waals surface area contributed by atoms with Crippen molar-refractivity contribution >= 4 is 7.60 Å². The Kier molecular flexibility index (Phi) is 2.59. The first-order valence-electron chi connectivity index (χ1n) is 1.81.